The van der Waals surface area contributed by atoms with Gasteiger partial charge in [-0.25, -0.2) is 19.4 Å². The van der Waals surface area contributed by atoms with Gasteiger partial charge in [0, 0.05) is 32.7 Å². The molecule has 1 aliphatic rings. The zero-order chi connectivity index (χ0) is 28.1. The second kappa shape index (κ2) is 14.9. The molecule has 0 spiro atoms. The van der Waals surface area contributed by atoms with Gasteiger partial charge in [-0.2, -0.15) is 0 Å². The summed E-state index contributed by atoms with van der Waals surface area (Å²) in [5, 5.41) is 5.85. The molecule has 206 valence electrons. The van der Waals surface area contributed by atoms with Crippen molar-refractivity contribution in [1.82, 2.24) is 30.9 Å². The Bertz CT molecular complexity index is 1040. The molecule has 13 nitrogen and oxygen atoms in total. The molecule has 0 bridgehead atoms. The topological polar surface area (TPSA) is 166 Å². The lowest BCUT2D eigenvalue weighted by atomic mass is 10.2. The van der Waals surface area contributed by atoms with Crippen LogP contribution >= 0.6 is 0 Å². The highest BCUT2D eigenvalue weighted by molar-refractivity contribution is 5.90. The SMILES string of the molecule is C=C/C=C(\C)CNC(=O)N(CC(N)=O)NC(=O)[C@H](C)NC(=O)N1CCN(C(=O)OCc2ccccc2)CC1. The molecule has 1 aliphatic heterocycles. The van der Waals surface area contributed by atoms with Gasteiger partial charge in [0.1, 0.15) is 19.2 Å². The van der Waals surface area contributed by atoms with E-state index >= 15 is 0 Å². The highest BCUT2D eigenvalue weighted by Gasteiger charge is 2.28. The molecule has 1 aromatic carbocycles. The van der Waals surface area contributed by atoms with E-state index in [1.807, 2.05) is 30.3 Å². The first kappa shape index (κ1) is 29.7. The van der Waals surface area contributed by atoms with Crippen LogP contribution in [0.1, 0.15) is 19.4 Å². The highest BCUT2D eigenvalue weighted by Crippen LogP contribution is 2.07. The Hall–Kier alpha value is -4.55. The summed E-state index contributed by atoms with van der Waals surface area (Å²) < 4.78 is 5.32. The fourth-order valence-corrected chi connectivity index (χ4v) is 3.36. The number of nitrogens with one attached hydrogen (secondary N) is 3. The summed E-state index contributed by atoms with van der Waals surface area (Å²) in [6.45, 7) is 7.55. The Labute approximate surface area is 221 Å². The number of urea groups is 2. The summed E-state index contributed by atoms with van der Waals surface area (Å²) in [5.74, 6) is -1.56. The minimum atomic E-state index is -1.04. The standard InChI is InChI=1S/C25H35N7O6/c1-4-8-18(2)15-27-23(35)32(16-21(26)33)29-22(34)19(3)28-24(36)30-11-13-31(14-12-30)25(37)38-17-20-9-6-5-7-10-20/h4-10,19H,1,11-17H2,2-3H3,(H2,26,33)(H,27,35)(H,28,36)(H,29,34)/b18-8+/t19-/m0/s1. The fourth-order valence-electron chi connectivity index (χ4n) is 3.36. The van der Waals surface area contributed by atoms with Gasteiger partial charge < -0.3 is 30.9 Å². The maximum atomic E-state index is 12.7. The number of nitrogens with two attached hydrogens (primary N) is 1. The van der Waals surface area contributed by atoms with E-state index in [9.17, 15) is 24.0 Å². The van der Waals surface area contributed by atoms with E-state index in [2.05, 4.69) is 22.6 Å². The van der Waals surface area contributed by atoms with Crippen LogP contribution in [0.25, 0.3) is 0 Å². The van der Waals surface area contributed by atoms with E-state index < -0.39 is 42.6 Å². The third-order valence-corrected chi connectivity index (χ3v) is 5.49. The quantitative estimate of drug-likeness (QED) is 0.271. The van der Waals surface area contributed by atoms with Crippen molar-refractivity contribution in [2.75, 3.05) is 39.3 Å². The summed E-state index contributed by atoms with van der Waals surface area (Å²) in [5.41, 5.74) is 9.16. The molecule has 0 unspecified atom stereocenters. The molecule has 38 heavy (non-hydrogen) atoms. The predicted molar refractivity (Wildman–Crippen MR) is 139 cm³/mol. The Balaban J connectivity index is 1.81. The number of nitrogens with zero attached hydrogens (tertiary/aromatic N) is 3. The smallest absolute Gasteiger partial charge is 0.410 e. The number of hydrogen-bond acceptors (Lipinski definition) is 6. The van der Waals surface area contributed by atoms with Crippen molar-refractivity contribution in [3.8, 4) is 0 Å². The first-order valence-electron chi connectivity index (χ1n) is 12.0. The van der Waals surface area contributed by atoms with Crippen LogP contribution in [0.3, 0.4) is 0 Å². The van der Waals surface area contributed by atoms with Gasteiger partial charge in [-0.1, -0.05) is 54.6 Å². The molecule has 2 rings (SSSR count). The third kappa shape index (κ3) is 9.84. The number of allylic oxidation sites excluding steroid dienone is 2. The molecule has 7 amide bonds. The second-order valence-electron chi connectivity index (χ2n) is 8.62. The van der Waals surface area contributed by atoms with Crippen LogP contribution < -0.4 is 21.8 Å². The first-order chi connectivity index (χ1) is 18.1. The lowest BCUT2D eigenvalue weighted by Crippen LogP contribution is -2.59. The maximum absolute atomic E-state index is 12.7. The lowest BCUT2D eigenvalue weighted by Gasteiger charge is -2.34. The molecule has 0 aliphatic carbocycles. The molecular weight excluding hydrogens is 494 g/mol. The summed E-state index contributed by atoms with van der Waals surface area (Å²) in [7, 11) is 0. The molecule has 1 atom stereocenters. The predicted octanol–water partition coefficient (Wildman–Crippen LogP) is 0.699. The van der Waals surface area contributed by atoms with Crippen molar-refractivity contribution in [1.29, 1.82) is 0 Å². The summed E-state index contributed by atoms with van der Waals surface area (Å²) >= 11 is 0. The normalized spacial score (nSPS) is 14.1. The van der Waals surface area contributed by atoms with Gasteiger partial charge in [0.05, 0.1) is 0 Å². The number of hydrogen-bond donors (Lipinski definition) is 4. The largest absolute Gasteiger partial charge is 0.445 e. The van der Waals surface area contributed by atoms with E-state index in [0.29, 0.717) is 0 Å². The Morgan fingerprint density at radius 1 is 1.11 bits per heavy atom. The Morgan fingerprint density at radius 2 is 1.74 bits per heavy atom. The Morgan fingerprint density at radius 3 is 2.34 bits per heavy atom. The number of benzene rings is 1. The van der Waals surface area contributed by atoms with E-state index in [1.165, 1.54) is 16.7 Å². The van der Waals surface area contributed by atoms with Crippen molar-refractivity contribution in [2.45, 2.75) is 26.5 Å². The van der Waals surface area contributed by atoms with E-state index in [4.69, 9.17) is 10.5 Å². The van der Waals surface area contributed by atoms with Crippen molar-refractivity contribution >= 4 is 30.0 Å². The average Bonchev–Trinajstić information content (AvgIpc) is 2.90. The highest BCUT2D eigenvalue weighted by atomic mass is 16.6. The van der Waals surface area contributed by atoms with Gasteiger partial charge in [-0.3, -0.25) is 15.0 Å². The molecule has 0 saturated carbocycles. The van der Waals surface area contributed by atoms with Gasteiger partial charge in [-0.05, 0) is 19.4 Å². The van der Waals surface area contributed by atoms with Gasteiger partial charge in [0.25, 0.3) is 5.91 Å². The Kier molecular flexibility index (Phi) is 11.6. The summed E-state index contributed by atoms with van der Waals surface area (Å²) in [6.07, 6.45) is 2.79. The average molecular weight is 530 g/mol. The number of carbonyl (C=O) groups excluding carboxylic acids is 5. The molecular formula is C25H35N7O6. The zero-order valence-electron chi connectivity index (χ0n) is 21.6. The molecule has 0 radical (unpaired) electrons. The monoisotopic (exact) mass is 529 g/mol. The third-order valence-electron chi connectivity index (χ3n) is 5.49. The lowest BCUT2D eigenvalue weighted by molar-refractivity contribution is -0.127. The van der Waals surface area contributed by atoms with Crippen LogP contribution in [0.15, 0.2) is 54.6 Å². The second-order valence-corrected chi connectivity index (χ2v) is 8.62. The molecule has 1 heterocycles. The fraction of sp³-hybridized carbons (Fsp3) is 0.400. The van der Waals surface area contributed by atoms with Crippen LogP contribution in [-0.2, 0) is 20.9 Å². The van der Waals surface area contributed by atoms with Crippen molar-refractivity contribution in [3.05, 3.63) is 60.2 Å². The maximum Gasteiger partial charge on any atom is 0.410 e. The number of rotatable bonds is 9. The number of hydrazine groups is 1. The van der Waals surface area contributed by atoms with Crippen molar-refractivity contribution in [3.63, 3.8) is 0 Å². The molecule has 5 N–H and O–H groups in total. The van der Waals surface area contributed by atoms with Crippen LogP contribution in [0.2, 0.25) is 0 Å². The number of amides is 7. The van der Waals surface area contributed by atoms with Gasteiger partial charge in [-0.15, -0.1) is 0 Å². The van der Waals surface area contributed by atoms with Crippen LogP contribution in [0.4, 0.5) is 14.4 Å². The summed E-state index contributed by atoms with van der Waals surface area (Å²) in [6, 6.07) is 7.00. The van der Waals surface area contributed by atoms with E-state index in [-0.39, 0.29) is 39.3 Å². The first-order valence-corrected chi connectivity index (χ1v) is 12.0. The van der Waals surface area contributed by atoms with Gasteiger partial charge in [0.2, 0.25) is 5.91 Å². The minimum absolute atomic E-state index is 0.156. The molecule has 1 saturated heterocycles. The van der Waals surface area contributed by atoms with Gasteiger partial charge >= 0.3 is 18.2 Å². The number of carbonyl (C=O) groups is 5. The van der Waals surface area contributed by atoms with E-state index in [0.717, 1.165) is 16.1 Å². The number of piperazine rings is 1. The van der Waals surface area contributed by atoms with Gasteiger partial charge in [0.15, 0.2) is 0 Å². The van der Waals surface area contributed by atoms with Crippen LogP contribution in [0.5, 0.6) is 0 Å². The number of primary amides is 1. The number of ether oxygens (including phenoxy) is 1. The summed E-state index contributed by atoms with van der Waals surface area (Å²) in [4.78, 5) is 64.4. The molecule has 1 aromatic rings. The van der Waals surface area contributed by atoms with E-state index in [1.54, 1.807) is 19.1 Å². The minimum Gasteiger partial charge on any atom is -0.445 e. The van der Waals surface area contributed by atoms with Crippen molar-refractivity contribution in [2.24, 2.45) is 5.73 Å². The van der Waals surface area contributed by atoms with Crippen molar-refractivity contribution < 1.29 is 28.7 Å². The van der Waals surface area contributed by atoms with Crippen LogP contribution in [-0.4, -0.2) is 90.1 Å². The molecule has 1 fully saturated rings. The molecule has 13 heteroatoms. The molecule has 0 aromatic heterocycles. The zero-order valence-corrected chi connectivity index (χ0v) is 21.6. The van der Waals surface area contributed by atoms with Crippen LogP contribution in [0, 0.1) is 0 Å².